The van der Waals surface area contributed by atoms with Gasteiger partial charge in [-0.15, -0.1) is 0 Å². The molecule has 0 amide bonds. The van der Waals surface area contributed by atoms with Gasteiger partial charge < -0.3 is 33.8 Å². The normalized spacial score (nSPS) is 13.8. The van der Waals surface area contributed by atoms with E-state index >= 15 is 0 Å². The first-order chi connectivity index (χ1) is 48.2. The van der Waals surface area contributed by atoms with Gasteiger partial charge in [-0.25, -0.2) is 9.13 Å². The Bertz CT molecular complexity index is 1880. The third-order valence-electron chi connectivity index (χ3n) is 18.9. The zero-order valence-corrected chi connectivity index (χ0v) is 66.3. The molecular weight excluding hydrogens is 1290 g/mol. The molecule has 0 spiro atoms. The maximum atomic E-state index is 13.1. The fourth-order valence-electron chi connectivity index (χ4n) is 12.5. The molecule has 0 bridgehead atoms. The molecule has 0 aromatic rings. The van der Waals surface area contributed by atoms with Gasteiger partial charge in [-0.1, -0.05) is 381 Å². The number of aliphatic hydroxyl groups excluding tert-OH is 1. The smallest absolute Gasteiger partial charge is 0.462 e. The Morgan fingerprint density at radius 1 is 0.242 bits per heavy atom. The number of aliphatic hydroxyl groups is 1. The summed E-state index contributed by atoms with van der Waals surface area (Å²) in [5.74, 6) is -2.11. The van der Waals surface area contributed by atoms with Crippen molar-refractivity contribution in [2.45, 2.75) is 451 Å². The van der Waals surface area contributed by atoms with Gasteiger partial charge in [0.15, 0.2) is 12.2 Å². The summed E-state index contributed by atoms with van der Waals surface area (Å²) in [5, 5.41) is 10.6. The van der Waals surface area contributed by atoms with Gasteiger partial charge in [-0.05, 0) is 25.7 Å². The molecule has 99 heavy (non-hydrogen) atoms. The Morgan fingerprint density at radius 2 is 0.404 bits per heavy atom. The predicted molar refractivity (Wildman–Crippen MR) is 405 cm³/mol. The monoisotopic (exact) mass is 1450 g/mol. The van der Waals surface area contributed by atoms with Crippen molar-refractivity contribution in [1.82, 2.24) is 0 Å². The van der Waals surface area contributed by atoms with Crippen molar-refractivity contribution < 1.29 is 80.2 Å². The Hall–Kier alpha value is -1.94. The molecule has 3 N–H and O–H groups in total. The first kappa shape index (κ1) is 97.1. The van der Waals surface area contributed by atoms with Gasteiger partial charge in [0.05, 0.1) is 26.4 Å². The van der Waals surface area contributed by atoms with E-state index in [1.165, 1.54) is 250 Å². The number of phosphoric ester groups is 2. The molecule has 2 unspecified atom stereocenters. The summed E-state index contributed by atoms with van der Waals surface area (Å²) in [6.45, 7) is 4.96. The average Bonchev–Trinajstić information content (AvgIpc) is 1.10. The summed E-state index contributed by atoms with van der Waals surface area (Å²) in [7, 11) is -9.91. The van der Waals surface area contributed by atoms with Crippen LogP contribution in [-0.2, 0) is 65.4 Å². The number of rotatable bonds is 81. The molecule has 0 saturated carbocycles. The SMILES string of the molecule is CCCCCCCCCCCCCCCCCCCCCCCCC(=O)O[C@H](COC(=O)CCCCCCCCCCCCCCCCCCCCC)COP(=O)(O)OC[C@@H](O)COP(=O)(O)OC[C@@H](COC(=O)CCCCCCCCC)OC(=O)CCCCCCCCCCCCC. The Morgan fingerprint density at radius 3 is 0.596 bits per heavy atom. The number of hydrogen-bond acceptors (Lipinski definition) is 15. The largest absolute Gasteiger partial charge is 0.472 e. The van der Waals surface area contributed by atoms with Crippen LogP contribution in [0, 0.1) is 0 Å². The van der Waals surface area contributed by atoms with Crippen LogP contribution in [0.1, 0.15) is 432 Å². The van der Waals surface area contributed by atoms with Crippen LogP contribution in [0.2, 0.25) is 0 Å². The topological polar surface area (TPSA) is 237 Å². The lowest BCUT2D eigenvalue weighted by molar-refractivity contribution is -0.161. The molecule has 0 radical (unpaired) electrons. The summed E-state index contributed by atoms with van der Waals surface area (Å²) in [6, 6.07) is 0. The summed E-state index contributed by atoms with van der Waals surface area (Å²) in [6.07, 6.45) is 67.0. The fourth-order valence-corrected chi connectivity index (χ4v) is 14.0. The molecule has 0 aromatic carbocycles. The van der Waals surface area contributed by atoms with E-state index < -0.39 is 97.5 Å². The van der Waals surface area contributed by atoms with Crippen LogP contribution in [0.3, 0.4) is 0 Å². The molecule has 5 atom stereocenters. The highest BCUT2D eigenvalue weighted by Gasteiger charge is 2.30. The van der Waals surface area contributed by atoms with Gasteiger partial charge >= 0.3 is 39.5 Å². The van der Waals surface area contributed by atoms with E-state index in [-0.39, 0.29) is 25.7 Å². The van der Waals surface area contributed by atoms with Gasteiger partial charge in [0.25, 0.3) is 0 Å². The number of hydrogen-bond donors (Lipinski definition) is 3. The molecule has 0 aliphatic carbocycles. The second-order valence-corrected chi connectivity index (χ2v) is 31.7. The average molecular weight is 1450 g/mol. The molecule has 0 rings (SSSR count). The van der Waals surface area contributed by atoms with E-state index in [1.54, 1.807) is 0 Å². The predicted octanol–water partition coefficient (Wildman–Crippen LogP) is 24.2. The molecule has 19 heteroatoms. The van der Waals surface area contributed by atoms with Gasteiger partial charge in [0, 0.05) is 25.7 Å². The second kappa shape index (κ2) is 74.3. The Labute approximate surface area is 607 Å². The van der Waals surface area contributed by atoms with E-state index in [4.69, 9.17) is 37.0 Å². The highest BCUT2D eigenvalue weighted by Crippen LogP contribution is 2.45. The van der Waals surface area contributed by atoms with E-state index in [9.17, 15) is 43.2 Å². The van der Waals surface area contributed by atoms with Gasteiger partial charge in [0.1, 0.15) is 19.3 Å². The zero-order valence-electron chi connectivity index (χ0n) is 64.5. The van der Waals surface area contributed by atoms with Crippen molar-refractivity contribution in [3.8, 4) is 0 Å². The van der Waals surface area contributed by atoms with Crippen LogP contribution in [0.25, 0.3) is 0 Å². The number of phosphoric acid groups is 2. The quantitative estimate of drug-likeness (QED) is 0.0222. The molecular formula is C80H156O17P2. The van der Waals surface area contributed by atoms with Gasteiger partial charge in [-0.2, -0.15) is 0 Å². The van der Waals surface area contributed by atoms with Gasteiger partial charge in [0.2, 0.25) is 0 Å². The third kappa shape index (κ3) is 74.1. The fraction of sp³-hybridized carbons (Fsp3) is 0.950. The molecule has 0 heterocycles. The standard InChI is InChI=1S/C80H156O17P2/c1-5-9-13-17-21-24-27-29-31-33-35-36-37-39-41-43-45-48-51-55-59-63-67-80(85)97-76(71-91-78(83)65-61-57-53-49-47-44-42-40-38-34-32-30-28-25-22-18-14-10-6-2)73-95-99(88,89)93-69-74(81)68-92-98(86,87)94-72-75(70-90-77(82)64-60-56-52-20-16-12-8-4)96-79(84)66-62-58-54-50-46-26-23-19-15-11-7-3/h74-76,81H,5-73H2,1-4H3,(H,86,87)(H,88,89)/t74-,75+,76+/m0/s1. The van der Waals surface area contributed by atoms with Gasteiger partial charge in [-0.3, -0.25) is 37.3 Å². The molecule has 588 valence electrons. The van der Waals surface area contributed by atoms with Crippen LogP contribution in [-0.4, -0.2) is 96.7 Å². The number of carbonyl (C=O) groups excluding carboxylic acids is 4. The van der Waals surface area contributed by atoms with Crippen LogP contribution >= 0.6 is 15.6 Å². The minimum atomic E-state index is -4.96. The van der Waals surface area contributed by atoms with Crippen LogP contribution < -0.4 is 0 Å². The molecule has 0 aliphatic rings. The first-order valence-corrected chi connectivity index (χ1v) is 44.8. The zero-order chi connectivity index (χ0) is 72.5. The number of ether oxygens (including phenoxy) is 4. The van der Waals surface area contributed by atoms with E-state index in [0.29, 0.717) is 25.7 Å². The van der Waals surface area contributed by atoms with Crippen LogP contribution in [0.4, 0.5) is 0 Å². The lowest BCUT2D eigenvalue weighted by atomic mass is 10.0. The number of esters is 4. The number of carbonyl (C=O) groups is 4. The maximum absolute atomic E-state index is 13.1. The molecule has 17 nitrogen and oxygen atoms in total. The number of unbranched alkanes of at least 4 members (excludes halogenated alkanes) is 55. The highest BCUT2D eigenvalue weighted by atomic mass is 31.2. The molecule has 0 aromatic heterocycles. The van der Waals surface area contributed by atoms with E-state index in [1.807, 2.05) is 0 Å². The maximum Gasteiger partial charge on any atom is 0.472 e. The third-order valence-corrected chi connectivity index (χ3v) is 20.8. The van der Waals surface area contributed by atoms with Crippen LogP contribution in [0.5, 0.6) is 0 Å². The summed E-state index contributed by atoms with van der Waals surface area (Å²) < 4.78 is 68.5. The van der Waals surface area contributed by atoms with Crippen molar-refractivity contribution in [2.75, 3.05) is 39.6 Å². The molecule has 0 saturated heterocycles. The minimum absolute atomic E-state index is 0.107. The Kier molecular flexibility index (Phi) is 72.9. The first-order valence-electron chi connectivity index (χ1n) is 41.8. The van der Waals surface area contributed by atoms with Crippen molar-refractivity contribution in [3.05, 3.63) is 0 Å². The van der Waals surface area contributed by atoms with Crippen molar-refractivity contribution in [2.24, 2.45) is 0 Å². The van der Waals surface area contributed by atoms with Crippen molar-refractivity contribution >= 4 is 39.5 Å². The van der Waals surface area contributed by atoms with E-state index in [0.717, 1.165) is 103 Å². The van der Waals surface area contributed by atoms with Crippen molar-refractivity contribution in [1.29, 1.82) is 0 Å². The summed E-state index contributed by atoms with van der Waals surface area (Å²) >= 11 is 0. The summed E-state index contributed by atoms with van der Waals surface area (Å²) in [5.41, 5.74) is 0. The Balaban J connectivity index is 5.14. The summed E-state index contributed by atoms with van der Waals surface area (Å²) in [4.78, 5) is 72.8. The van der Waals surface area contributed by atoms with Crippen molar-refractivity contribution in [3.63, 3.8) is 0 Å². The minimum Gasteiger partial charge on any atom is -0.462 e. The molecule has 0 fully saturated rings. The van der Waals surface area contributed by atoms with Crippen LogP contribution in [0.15, 0.2) is 0 Å². The lowest BCUT2D eigenvalue weighted by Gasteiger charge is -2.21. The lowest BCUT2D eigenvalue weighted by Crippen LogP contribution is -2.30. The highest BCUT2D eigenvalue weighted by molar-refractivity contribution is 7.47. The second-order valence-electron chi connectivity index (χ2n) is 28.8. The van der Waals surface area contributed by atoms with E-state index in [2.05, 4.69) is 27.7 Å². The molecule has 0 aliphatic heterocycles.